The fraction of sp³-hybridized carbons (Fsp3) is 0.559. The number of likely N-dealkylation sites (N-methyl/N-ethyl adjacent to an activating group) is 1. The van der Waals surface area contributed by atoms with Crippen LogP contribution in [0.4, 0.5) is 0 Å². The van der Waals surface area contributed by atoms with E-state index in [1.165, 1.54) is 57.8 Å². The van der Waals surface area contributed by atoms with Gasteiger partial charge >= 0.3 is 11.9 Å². The van der Waals surface area contributed by atoms with Crippen molar-refractivity contribution in [2.75, 3.05) is 40.4 Å². The van der Waals surface area contributed by atoms with E-state index < -0.39 is 5.97 Å². The van der Waals surface area contributed by atoms with Crippen LogP contribution in [-0.2, 0) is 14.3 Å². The predicted octanol–water partition coefficient (Wildman–Crippen LogP) is 4.40. The van der Waals surface area contributed by atoms with Gasteiger partial charge in [-0.25, -0.2) is 4.79 Å². The Hall–Kier alpha value is -2.51. The molecule has 228 valence electrons. The Morgan fingerprint density at radius 1 is 0.610 bits per heavy atom. The van der Waals surface area contributed by atoms with Gasteiger partial charge in [-0.05, 0) is 18.6 Å². The second-order valence-corrected chi connectivity index (χ2v) is 11.3. The third kappa shape index (κ3) is 15.9. The van der Waals surface area contributed by atoms with Crippen LogP contribution in [0.5, 0.6) is 0 Å². The fourth-order valence-electron chi connectivity index (χ4n) is 4.51. The van der Waals surface area contributed by atoms with Crippen LogP contribution in [0, 0.1) is 0 Å². The molecule has 0 aromatic heterocycles. The topological polar surface area (TPSA) is 69.7 Å². The fourth-order valence-corrected chi connectivity index (χ4v) is 4.51. The lowest BCUT2D eigenvalue weighted by Crippen LogP contribution is -3.00. The zero-order chi connectivity index (χ0) is 29.1. The van der Waals surface area contributed by atoms with E-state index in [-0.39, 0.29) is 35.3 Å². The van der Waals surface area contributed by atoms with E-state index in [1.54, 1.807) is 36.4 Å². The lowest BCUT2D eigenvalue weighted by molar-refractivity contribution is -0.890. The van der Waals surface area contributed by atoms with E-state index in [0.29, 0.717) is 47.3 Å². The maximum absolute atomic E-state index is 12.5. The number of halogens is 1. The summed E-state index contributed by atoms with van der Waals surface area (Å²) in [6, 6.07) is 15.6. The standard InChI is InChI=1S/C34H50NO5.BrH/c1-4-5-6-7-8-9-10-11-12-13-17-20-32(36)39-27-25-35(2,3)26-28-40-34(38)31-23-21-30(22-24-31)33(37)29-18-15-14-16-19-29;/h14-16,18-19,21-24H,4-13,17,20,25-28H2,1-3H3;1H/q+1;/p-1. The molecule has 0 saturated heterocycles. The van der Waals surface area contributed by atoms with Crippen molar-refractivity contribution in [1.82, 2.24) is 0 Å². The zero-order valence-corrected chi connectivity index (χ0v) is 27.0. The van der Waals surface area contributed by atoms with Crippen molar-refractivity contribution in [2.24, 2.45) is 0 Å². The summed E-state index contributed by atoms with van der Waals surface area (Å²) in [4.78, 5) is 37.1. The lowest BCUT2D eigenvalue weighted by atomic mass is 10.0. The van der Waals surface area contributed by atoms with Crippen molar-refractivity contribution in [2.45, 2.75) is 84.0 Å². The van der Waals surface area contributed by atoms with Gasteiger partial charge < -0.3 is 30.9 Å². The minimum atomic E-state index is -0.419. The summed E-state index contributed by atoms with van der Waals surface area (Å²) in [6.45, 7) is 4.11. The van der Waals surface area contributed by atoms with E-state index >= 15 is 0 Å². The Morgan fingerprint density at radius 2 is 1.07 bits per heavy atom. The zero-order valence-electron chi connectivity index (χ0n) is 25.4. The number of ketones is 1. The first-order chi connectivity index (χ1) is 19.3. The van der Waals surface area contributed by atoms with Gasteiger partial charge in [0.05, 0.1) is 19.7 Å². The molecule has 2 rings (SSSR count). The number of carbonyl (C=O) groups excluding carboxylic acids is 3. The maximum Gasteiger partial charge on any atom is 0.338 e. The third-order valence-electron chi connectivity index (χ3n) is 7.29. The first-order valence-corrected chi connectivity index (χ1v) is 15.2. The number of quaternary nitrogens is 1. The molecule has 0 spiro atoms. The number of unbranched alkanes of at least 4 members (excludes halogenated alkanes) is 10. The van der Waals surface area contributed by atoms with Crippen LogP contribution in [0.25, 0.3) is 0 Å². The summed E-state index contributed by atoms with van der Waals surface area (Å²) in [5, 5.41) is 0. The number of esters is 2. The first-order valence-electron chi connectivity index (χ1n) is 15.2. The SMILES string of the molecule is CCCCCCCCCCCCCC(=O)OCC[N+](C)(C)CCOC(=O)c1ccc(C(=O)c2ccccc2)cc1.[Br-]. The Balaban J connectivity index is 0.00000840. The quantitative estimate of drug-likeness (QED) is 0.0884. The maximum atomic E-state index is 12.5. The van der Waals surface area contributed by atoms with E-state index in [2.05, 4.69) is 6.92 Å². The minimum Gasteiger partial charge on any atom is -1.00 e. The van der Waals surface area contributed by atoms with E-state index in [1.807, 2.05) is 32.3 Å². The van der Waals surface area contributed by atoms with Gasteiger partial charge in [-0.2, -0.15) is 0 Å². The van der Waals surface area contributed by atoms with Crippen molar-refractivity contribution >= 4 is 17.7 Å². The summed E-state index contributed by atoms with van der Waals surface area (Å²) in [5.74, 6) is -0.632. The normalized spacial score (nSPS) is 11.0. The smallest absolute Gasteiger partial charge is 0.338 e. The molecule has 0 fully saturated rings. The van der Waals surface area contributed by atoms with Crippen LogP contribution >= 0.6 is 0 Å². The van der Waals surface area contributed by atoms with Gasteiger partial charge in [-0.3, -0.25) is 9.59 Å². The molecule has 0 saturated carbocycles. The van der Waals surface area contributed by atoms with E-state index in [4.69, 9.17) is 9.47 Å². The van der Waals surface area contributed by atoms with Crippen LogP contribution < -0.4 is 17.0 Å². The minimum absolute atomic E-state index is 0. The van der Waals surface area contributed by atoms with Crippen molar-refractivity contribution in [1.29, 1.82) is 0 Å². The number of hydrogen-bond acceptors (Lipinski definition) is 5. The summed E-state index contributed by atoms with van der Waals surface area (Å²) >= 11 is 0. The summed E-state index contributed by atoms with van der Waals surface area (Å²) in [7, 11) is 4.05. The number of benzene rings is 2. The molecule has 0 aliphatic rings. The Kier molecular flexibility index (Phi) is 18.9. The van der Waals surface area contributed by atoms with E-state index in [9.17, 15) is 14.4 Å². The molecule has 2 aromatic rings. The molecule has 7 heteroatoms. The highest BCUT2D eigenvalue weighted by Gasteiger charge is 2.18. The van der Waals surface area contributed by atoms with Crippen molar-refractivity contribution < 1.29 is 45.3 Å². The second kappa shape index (κ2) is 21.2. The largest absolute Gasteiger partial charge is 1.00 e. The molecule has 0 amide bonds. The average Bonchev–Trinajstić information content (AvgIpc) is 2.95. The Labute approximate surface area is 258 Å². The summed E-state index contributed by atoms with van der Waals surface area (Å²) < 4.78 is 11.5. The molecule has 0 N–H and O–H groups in total. The molecule has 6 nitrogen and oxygen atoms in total. The number of carbonyl (C=O) groups is 3. The van der Waals surface area contributed by atoms with Gasteiger partial charge in [0.25, 0.3) is 0 Å². The molecule has 2 aromatic carbocycles. The molecule has 0 unspecified atom stereocenters. The number of hydrogen-bond donors (Lipinski definition) is 0. The molecule has 41 heavy (non-hydrogen) atoms. The molecular weight excluding hydrogens is 582 g/mol. The monoisotopic (exact) mass is 631 g/mol. The Bertz CT molecular complexity index is 1010. The van der Waals surface area contributed by atoms with Crippen molar-refractivity contribution in [3.8, 4) is 0 Å². The van der Waals surface area contributed by atoms with Gasteiger partial charge in [0, 0.05) is 17.5 Å². The van der Waals surface area contributed by atoms with Crippen LogP contribution in [0.15, 0.2) is 54.6 Å². The number of ether oxygens (including phenoxy) is 2. The van der Waals surface area contributed by atoms with Gasteiger partial charge in [0.15, 0.2) is 5.78 Å². The van der Waals surface area contributed by atoms with Crippen LogP contribution in [0.2, 0.25) is 0 Å². The molecule has 0 heterocycles. The van der Waals surface area contributed by atoms with Crippen molar-refractivity contribution in [3.63, 3.8) is 0 Å². The summed E-state index contributed by atoms with van der Waals surface area (Å²) in [6.07, 6.45) is 14.3. The first kappa shape index (κ1) is 36.5. The number of nitrogens with zero attached hydrogens (tertiary/aromatic N) is 1. The molecule has 0 aliphatic heterocycles. The Morgan fingerprint density at radius 3 is 1.63 bits per heavy atom. The third-order valence-corrected chi connectivity index (χ3v) is 7.29. The highest BCUT2D eigenvalue weighted by Crippen LogP contribution is 2.13. The molecule has 0 radical (unpaired) electrons. The highest BCUT2D eigenvalue weighted by molar-refractivity contribution is 6.09. The van der Waals surface area contributed by atoms with Gasteiger partial charge in [-0.1, -0.05) is 114 Å². The lowest BCUT2D eigenvalue weighted by Gasteiger charge is -2.29. The van der Waals surface area contributed by atoms with Crippen LogP contribution in [0.1, 0.15) is 110 Å². The van der Waals surface area contributed by atoms with Crippen LogP contribution in [0.3, 0.4) is 0 Å². The summed E-state index contributed by atoms with van der Waals surface area (Å²) in [5.41, 5.74) is 1.54. The van der Waals surface area contributed by atoms with Gasteiger partial charge in [0.2, 0.25) is 0 Å². The molecule has 0 aliphatic carbocycles. The van der Waals surface area contributed by atoms with Gasteiger partial charge in [-0.15, -0.1) is 0 Å². The molecule has 0 atom stereocenters. The molecular formula is C34H50BrNO5. The van der Waals surface area contributed by atoms with Crippen LogP contribution in [-0.4, -0.2) is 62.6 Å². The predicted molar refractivity (Wildman–Crippen MR) is 160 cm³/mol. The molecule has 0 bridgehead atoms. The average molecular weight is 633 g/mol. The number of rotatable bonds is 21. The second-order valence-electron chi connectivity index (χ2n) is 11.3. The van der Waals surface area contributed by atoms with Gasteiger partial charge in [0.1, 0.15) is 26.3 Å². The van der Waals surface area contributed by atoms with Crippen molar-refractivity contribution in [3.05, 3.63) is 71.3 Å². The van der Waals surface area contributed by atoms with E-state index in [0.717, 1.165) is 12.8 Å². The highest BCUT2D eigenvalue weighted by atomic mass is 79.9.